The molecule has 0 N–H and O–H groups in total. The average Bonchev–Trinajstić information content (AvgIpc) is 3.08. The summed E-state index contributed by atoms with van der Waals surface area (Å²) in [5, 5.41) is 1.57. The molecule has 1 aromatic carbocycles. The Kier molecular flexibility index (Phi) is 6.98. The van der Waals surface area contributed by atoms with Crippen LogP contribution in [0.4, 0.5) is 0 Å². The first-order chi connectivity index (χ1) is 14.1. The second-order valence-electron chi connectivity index (χ2n) is 7.06. The Balaban J connectivity index is 1.69. The van der Waals surface area contributed by atoms with Crippen LogP contribution in [0, 0.1) is 0 Å². The van der Waals surface area contributed by atoms with Gasteiger partial charge in [0.25, 0.3) is 0 Å². The second-order valence-corrected chi connectivity index (χ2v) is 11.9. The van der Waals surface area contributed by atoms with Crippen molar-refractivity contribution >= 4 is 37.2 Å². The number of methoxy groups -OCH3 is 1. The Morgan fingerprint density at radius 2 is 1.73 bits per heavy atom. The van der Waals surface area contributed by atoms with Gasteiger partial charge in [-0.25, -0.2) is 21.6 Å². The third kappa shape index (κ3) is 5.09. The molecule has 8 nitrogen and oxygen atoms in total. The molecule has 1 aromatic heterocycles. The highest BCUT2D eigenvalue weighted by atomic mass is 32.2. The number of sulfonamides is 1. The molecule has 0 bridgehead atoms. The van der Waals surface area contributed by atoms with Crippen LogP contribution in [0.3, 0.4) is 0 Å². The summed E-state index contributed by atoms with van der Waals surface area (Å²) >= 11 is 1.05. The van der Waals surface area contributed by atoms with Crippen LogP contribution in [-0.4, -0.2) is 71.6 Å². The maximum absolute atomic E-state index is 13.1. The fourth-order valence-corrected chi connectivity index (χ4v) is 6.74. The van der Waals surface area contributed by atoms with E-state index in [1.165, 1.54) is 23.7 Å². The van der Waals surface area contributed by atoms with Gasteiger partial charge in [-0.05, 0) is 42.1 Å². The average molecular weight is 473 g/mol. The van der Waals surface area contributed by atoms with Crippen molar-refractivity contribution in [3.8, 4) is 0 Å². The van der Waals surface area contributed by atoms with Crippen LogP contribution < -0.4 is 0 Å². The first-order valence-electron chi connectivity index (χ1n) is 9.30. The number of esters is 1. The van der Waals surface area contributed by atoms with Gasteiger partial charge in [0.05, 0.1) is 12.0 Å². The summed E-state index contributed by atoms with van der Waals surface area (Å²) < 4.78 is 55.5. The fraction of sp³-hybridized carbons (Fsp3) is 0.421. The number of carbonyl (C=O) groups excluding carboxylic acids is 1. The van der Waals surface area contributed by atoms with Crippen molar-refractivity contribution in [3.63, 3.8) is 0 Å². The summed E-state index contributed by atoms with van der Waals surface area (Å²) in [6, 6.07) is 8.18. The van der Waals surface area contributed by atoms with Crippen molar-refractivity contribution in [2.24, 2.45) is 0 Å². The molecule has 0 radical (unpaired) electrons. The van der Waals surface area contributed by atoms with Crippen molar-refractivity contribution in [2.75, 3.05) is 39.5 Å². The van der Waals surface area contributed by atoms with E-state index in [9.17, 15) is 21.6 Å². The van der Waals surface area contributed by atoms with E-state index in [1.807, 2.05) is 0 Å². The molecular weight excluding hydrogens is 448 g/mol. The largest absolute Gasteiger partial charge is 0.465 e. The summed E-state index contributed by atoms with van der Waals surface area (Å²) in [6.45, 7) is 2.52. The fourth-order valence-electron chi connectivity index (χ4n) is 3.33. The van der Waals surface area contributed by atoms with Crippen LogP contribution in [-0.2, 0) is 31.1 Å². The molecule has 1 fully saturated rings. The Bertz CT molecular complexity index is 1110. The van der Waals surface area contributed by atoms with Crippen LogP contribution in [0.25, 0.3) is 0 Å². The van der Waals surface area contributed by atoms with Crippen LogP contribution in [0.1, 0.15) is 21.7 Å². The summed E-state index contributed by atoms with van der Waals surface area (Å²) in [4.78, 5) is 14.4. The van der Waals surface area contributed by atoms with Crippen molar-refractivity contribution in [1.82, 2.24) is 9.21 Å². The summed E-state index contributed by atoms with van der Waals surface area (Å²) in [5.41, 5.74) is 0.963. The minimum absolute atomic E-state index is 0.0100. The molecule has 0 atom stereocenters. The topological polar surface area (TPSA) is 101 Å². The second kappa shape index (κ2) is 9.15. The zero-order valence-corrected chi connectivity index (χ0v) is 19.2. The smallest absolute Gasteiger partial charge is 0.349 e. The first-order valence-corrected chi connectivity index (χ1v) is 13.5. The van der Waals surface area contributed by atoms with Gasteiger partial charge >= 0.3 is 5.97 Å². The summed E-state index contributed by atoms with van der Waals surface area (Å²) in [7, 11) is -5.80. The van der Waals surface area contributed by atoms with E-state index in [2.05, 4.69) is 4.90 Å². The van der Waals surface area contributed by atoms with Gasteiger partial charge in [-0.3, -0.25) is 4.90 Å². The van der Waals surface area contributed by atoms with Crippen LogP contribution >= 0.6 is 11.3 Å². The van der Waals surface area contributed by atoms with E-state index >= 15 is 0 Å². The van der Waals surface area contributed by atoms with E-state index < -0.39 is 25.8 Å². The third-order valence-corrected chi connectivity index (χ3v) is 9.02. The third-order valence-electron chi connectivity index (χ3n) is 4.92. The molecular formula is C19H24N2O6S3. The SMILES string of the molecule is COC(=O)c1sccc1S(=O)(=O)N1CCCN(Cc2ccc(S(C)(=O)=O)cc2)CC1. The van der Waals surface area contributed by atoms with E-state index in [1.54, 1.807) is 29.6 Å². The summed E-state index contributed by atoms with van der Waals surface area (Å²) in [6.07, 6.45) is 1.82. The highest BCUT2D eigenvalue weighted by Crippen LogP contribution is 2.27. The standard InChI is InChI=1S/C19H24N2O6S3/c1-27-19(22)18-17(8-13-28-18)30(25,26)21-10-3-9-20(11-12-21)14-15-4-6-16(7-5-15)29(2,23)24/h4-8,13H,3,9-12,14H2,1-2H3. The monoisotopic (exact) mass is 472 g/mol. The molecule has 2 heterocycles. The van der Waals surface area contributed by atoms with Gasteiger partial charge in [-0.15, -0.1) is 11.3 Å². The number of carbonyl (C=O) groups is 1. The van der Waals surface area contributed by atoms with Gasteiger partial charge in [-0.1, -0.05) is 12.1 Å². The van der Waals surface area contributed by atoms with E-state index in [4.69, 9.17) is 4.74 Å². The molecule has 11 heteroatoms. The first kappa shape index (κ1) is 22.9. The number of hydrogen-bond acceptors (Lipinski definition) is 8. The Morgan fingerprint density at radius 3 is 2.37 bits per heavy atom. The van der Waals surface area contributed by atoms with Gasteiger partial charge in [0.2, 0.25) is 10.0 Å². The normalized spacial score (nSPS) is 16.9. The number of nitrogens with zero attached hydrogens (tertiary/aromatic N) is 2. The number of sulfone groups is 1. The van der Waals surface area contributed by atoms with Crippen molar-refractivity contribution in [3.05, 3.63) is 46.2 Å². The molecule has 30 heavy (non-hydrogen) atoms. The lowest BCUT2D eigenvalue weighted by Gasteiger charge is -2.22. The molecule has 0 amide bonds. The highest BCUT2D eigenvalue weighted by Gasteiger charge is 2.31. The van der Waals surface area contributed by atoms with Crippen LogP contribution in [0.5, 0.6) is 0 Å². The molecule has 0 spiro atoms. The van der Waals surface area contributed by atoms with Crippen molar-refractivity contribution < 1.29 is 26.4 Å². The van der Waals surface area contributed by atoms with Gasteiger partial charge in [0.1, 0.15) is 9.77 Å². The number of rotatable bonds is 6. The summed E-state index contributed by atoms with van der Waals surface area (Å²) in [5.74, 6) is -0.655. The Hall–Kier alpha value is -1.79. The molecule has 1 aliphatic rings. The highest BCUT2D eigenvalue weighted by molar-refractivity contribution is 7.90. The predicted molar refractivity (Wildman–Crippen MR) is 114 cm³/mol. The van der Waals surface area contributed by atoms with Crippen LogP contribution in [0.2, 0.25) is 0 Å². The quantitative estimate of drug-likeness (QED) is 0.591. The lowest BCUT2D eigenvalue weighted by Crippen LogP contribution is -2.35. The number of ether oxygens (including phenoxy) is 1. The van der Waals surface area contributed by atoms with Gasteiger partial charge in [0.15, 0.2) is 9.84 Å². The number of hydrogen-bond donors (Lipinski definition) is 0. The van der Waals surface area contributed by atoms with Gasteiger partial charge < -0.3 is 4.74 Å². The minimum Gasteiger partial charge on any atom is -0.465 e. The number of thiophene rings is 1. The van der Waals surface area contributed by atoms with E-state index in [0.29, 0.717) is 39.1 Å². The molecule has 164 valence electrons. The van der Waals surface area contributed by atoms with Crippen molar-refractivity contribution in [2.45, 2.75) is 22.8 Å². The molecule has 1 saturated heterocycles. The molecule has 1 aliphatic heterocycles. The van der Waals surface area contributed by atoms with E-state index in [-0.39, 0.29) is 14.7 Å². The van der Waals surface area contributed by atoms with Gasteiger partial charge in [0, 0.05) is 32.4 Å². The maximum atomic E-state index is 13.1. The molecule has 3 rings (SSSR count). The Labute approximate surface area is 181 Å². The van der Waals surface area contributed by atoms with Crippen molar-refractivity contribution in [1.29, 1.82) is 0 Å². The van der Waals surface area contributed by atoms with Gasteiger partial charge in [-0.2, -0.15) is 4.31 Å². The lowest BCUT2D eigenvalue weighted by molar-refractivity contribution is 0.0602. The van der Waals surface area contributed by atoms with Crippen LogP contribution in [0.15, 0.2) is 45.5 Å². The molecule has 0 aliphatic carbocycles. The Morgan fingerprint density at radius 1 is 1.03 bits per heavy atom. The minimum atomic E-state index is -3.80. The number of benzene rings is 1. The maximum Gasteiger partial charge on any atom is 0.349 e. The molecule has 2 aromatic rings. The lowest BCUT2D eigenvalue weighted by atomic mass is 10.2. The zero-order chi connectivity index (χ0) is 21.9. The molecule has 0 saturated carbocycles. The predicted octanol–water partition coefficient (Wildman–Crippen LogP) is 1.83. The zero-order valence-electron chi connectivity index (χ0n) is 16.8. The molecule has 0 unspecified atom stereocenters. The van der Waals surface area contributed by atoms with E-state index in [0.717, 1.165) is 16.9 Å².